The second-order valence-electron chi connectivity index (χ2n) is 5.56. The Bertz CT molecular complexity index is 374. The fraction of sp³-hybridized carbons (Fsp3) is 0.600. The lowest BCUT2D eigenvalue weighted by molar-refractivity contribution is -0.0479. The van der Waals surface area contributed by atoms with Crippen LogP contribution in [0.3, 0.4) is 0 Å². The summed E-state index contributed by atoms with van der Waals surface area (Å²) in [6.45, 7) is 7.47. The Morgan fingerprint density at radius 2 is 2.05 bits per heavy atom. The van der Waals surface area contributed by atoms with Crippen molar-refractivity contribution in [3.8, 4) is 5.75 Å². The van der Waals surface area contributed by atoms with Crippen LogP contribution >= 0.6 is 0 Å². The monoisotopic (exact) mass is 267 g/mol. The van der Waals surface area contributed by atoms with Crippen LogP contribution in [-0.4, -0.2) is 37.1 Å². The molecule has 0 saturated carbocycles. The molecule has 0 aliphatic rings. The zero-order chi connectivity index (χ0) is 14.3. The van der Waals surface area contributed by atoms with Crippen LogP contribution < -0.4 is 10.1 Å². The minimum Gasteiger partial charge on any atom is -0.497 e. The average molecular weight is 267 g/mol. The molecule has 0 bridgehead atoms. The van der Waals surface area contributed by atoms with Gasteiger partial charge in [-0.15, -0.1) is 0 Å². The number of nitrogens with one attached hydrogen (secondary N) is 1. The van der Waals surface area contributed by atoms with Crippen LogP contribution in [0.5, 0.6) is 5.75 Å². The van der Waals surface area contributed by atoms with Gasteiger partial charge in [-0.1, -0.05) is 12.1 Å². The van der Waals surface area contributed by atoms with Gasteiger partial charge in [0.1, 0.15) is 5.75 Å². The van der Waals surface area contributed by atoms with Crippen molar-refractivity contribution in [2.24, 2.45) is 0 Å². The Hall–Kier alpha value is -1.10. The molecule has 0 saturated heterocycles. The van der Waals surface area contributed by atoms with Gasteiger partial charge in [-0.05, 0) is 38.5 Å². The number of hydrogen-bond donors (Lipinski definition) is 2. The second kappa shape index (κ2) is 7.48. The Balaban J connectivity index is 2.25. The van der Waals surface area contributed by atoms with E-state index in [1.807, 2.05) is 45.0 Å². The quantitative estimate of drug-likeness (QED) is 0.793. The molecule has 0 radical (unpaired) electrons. The van der Waals surface area contributed by atoms with Crippen molar-refractivity contribution in [2.75, 3.05) is 20.3 Å². The minimum absolute atomic E-state index is 0.215. The van der Waals surface area contributed by atoms with Crippen LogP contribution in [0.4, 0.5) is 0 Å². The molecule has 1 atom stereocenters. The smallest absolute Gasteiger partial charge is 0.119 e. The van der Waals surface area contributed by atoms with Gasteiger partial charge in [0.05, 0.1) is 25.4 Å². The minimum atomic E-state index is -0.496. The Kier molecular flexibility index (Phi) is 6.28. The molecular formula is C15H25NO3. The van der Waals surface area contributed by atoms with Crippen LogP contribution in [0.1, 0.15) is 26.3 Å². The number of aliphatic hydroxyl groups excluding tert-OH is 1. The number of aliphatic hydroxyl groups is 1. The number of ether oxygens (including phenoxy) is 2. The lowest BCUT2D eigenvalue weighted by atomic mass is 10.2. The van der Waals surface area contributed by atoms with Gasteiger partial charge in [0.2, 0.25) is 0 Å². The predicted octanol–water partition coefficient (Wildman–Crippen LogP) is 1.96. The number of methoxy groups -OCH3 is 1. The van der Waals surface area contributed by atoms with E-state index in [1.54, 1.807) is 7.11 Å². The van der Waals surface area contributed by atoms with Gasteiger partial charge in [-0.2, -0.15) is 0 Å². The molecule has 4 heteroatoms. The molecule has 1 aromatic rings. The first-order valence-electron chi connectivity index (χ1n) is 6.56. The highest BCUT2D eigenvalue weighted by Crippen LogP contribution is 2.12. The number of rotatable bonds is 7. The van der Waals surface area contributed by atoms with E-state index in [1.165, 1.54) is 0 Å². The summed E-state index contributed by atoms with van der Waals surface area (Å²) in [6, 6.07) is 7.86. The third kappa shape index (κ3) is 7.15. The summed E-state index contributed by atoms with van der Waals surface area (Å²) in [5.74, 6) is 0.843. The summed E-state index contributed by atoms with van der Waals surface area (Å²) in [5, 5.41) is 13.0. The number of hydrogen-bond acceptors (Lipinski definition) is 4. The Morgan fingerprint density at radius 3 is 2.68 bits per heavy atom. The van der Waals surface area contributed by atoms with Gasteiger partial charge in [-0.25, -0.2) is 0 Å². The highest BCUT2D eigenvalue weighted by atomic mass is 16.5. The van der Waals surface area contributed by atoms with Gasteiger partial charge in [0.25, 0.3) is 0 Å². The van der Waals surface area contributed by atoms with Gasteiger partial charge >= 0.3 is 0 Å². The Labute approximate surface area is 115 Å². The molecule has 0 heterocycles. The van der Waals surface area contributed by atoms with Crippen LogP contribution in [0.25, 0.3) is 0 Å². The normalized spacial score (nSPS) is 13.3. The largest absolute Gasteiger partial charge is 0.497 e. The van der Waals surface area contributed by atoms with Gasteiger partial charge in [0.15, 0.2) is 0 Å². The molecule has 0 aliphatic heterocycles. The molecule has 2 N–H and O–H groups in total. The Morgan fingerprint density at radius 1 is 1.32 bits per heavy atom. The molecule has 19 heavy (non-hydrogen) atoms. The van der Waals surface area contributed by atoms with E-state index in [0.717, 1.165) is 11.3 Å². The first kappa shape index (κ1) is 16.0. The van der Waals surface area contributed by atoms with Crippen molar-refractivity contribution in [2.45, 2.75) is 39.0 Å². The first-order chi connectivity index (χ1) is 8.90. The molecule has 1 rings (SSSR count). The van der Waals surface area contributed by atoms with E-state index in [9.17, 15) is 5.11 Å². The summed E-state index contributed by atoms with van der Waals surface area (Å²) in [6.07, 6.45) is -0.496. The van der Waals surface area contributed by atoms with Crippen molar-refractivity contribution in [1.29, 1.82) is 0 Å². The van der Waals surface area contributed by atoms with Crippen molar-refractivity contribution in [1.82, 2.24) is 5.32 Å². The predicted molar refractivity (Wildman–Crippen MR) is 76.4 cm³/mol. The molecule has 108 valence electrons. The van der Waals surface area contributed by atoms with E-state index < -0.39 is 6.10 Å². The summed E-state index contributed by atoms with van der Waals surface area (Å²) < 4.78 is 10.7. The van der Waals surface area contributed by atoms with Crippen molar-refractivity contribution < 1.29 is 14.6 Å². The lowest BCUT2D eigenvalue weighted by Crippen LogP contribution is -2.33. The van der Waals surface area contributed by atoms with Gasteiger partial charge < -0.3 is 19.9 Å². The molecule has 1 unspecified atom stereocenters. The molecule has 4 nitrogen and oxygen atoms in total. The third-order valence-corrected chi connectivity index (χ3v) is 2.55. The topological polar surface area (TPSA) is 50.7 Å². The van der Waals surface area contributed by atoms with Crippen molar-refractivity contribution in [3.63, 3.8) is 0 Å². The summed E-state index contributed by atoms with van der Waals surface area (Å²) in [7, 11) is 1.65. The van der Waals surface area contributed by atoms with Gasteiger partial charge in [0, 0.05) is 13.1 Å². The number of benzene rings is 1. The molecular weight excluding hydrogens is 242 g/mol. The maximum Gasteiger partial charge on any atom is 0.119 e. The zero-order valence-electron chi connectivity index (χ0n) is 12.3. The lowest BCUT2D eigenvalue weighted by Gasteiger charge is -2.22. The van der Waals surface area contributed by atoms with Gasteiger partial charge in [-0.3, -0.25) is 0 Å². The van der Waals surface area contributed by atoms with E-state index >= 15 is 0 Å². The van der Waals surface area contributed by atoms with E-state index in [2.05, 4.69) is 5.32 Å². The van der Waals surface area contributed by atoms with Crippen molar-refractivity contribution >= 4 is 0 Å². The SMILES string of the molecule is COc1cccc(CNCC(O)COC(C)(C)C)c1. The molecule has 0 amide bonds. The van der Waals surface area contributed by atoms with Crippen LogP contribution in [0.15, 0.2) is 24.3 Å². The maximum atomic E-state index is 9.78. The zero-order valence-corrected chi connectivity index (χ0v) is 12.3. The fourth-order valence-corrected chi connectivity index (χ4v) is 1.57. The van der Waals surface area contributed by atoms with Crippen LogP contribution in [0.2, 0.25) is 0 Å². The average Bonchev–Trinajstić information content (AvgIpc) is 2.36. The highest BCUT2D eigenvalue weighted by molar-refractivity contribution is 5.28. The molecule has 0 fully saturated rings. The third-order valence-electron chi connectivity index (χ3n) is 2.55. The maximum absolute atomic E-state index is 9.78. The van der Waals surface area contributed by atoms with Crippen molar-refractivity contribution in [3.05, 3.63) is 29.8 Å². The molecule has 0 aromatic heterocycles. The summed E-state index contributed by atoms with van der Waals surface area (Å²) in [4.78, 5) is 0. The summed E-state index contributed by atoms with van der Waals surface area (Å²) >= 11 is 0. The highest BCUT2D eigenvalue weighted by Gasteiger charge is 2.13. The second-order valence-corrected chi connectivity index (χ2v) is 5.56. The standard InChI is InChI=1S/C15H25NO3/c1-15(2,3)19-11-13(17)10-16-9-12-6-5-7-14(8-12)18-4/h5-8,13,16-17H,9-11H2,1-4H3. The first-order valence-corrected chi connectivity index (χ1v) is 6.56. The van der Waals surface area contributed by atoms with E-state index in [4.69, 9.17) is 9.47 Å². The molecule has 0 aliphatic carbocycles. The molecule has 0 spiro atoms. The fourth-order valence-electron chi connectivity index (χ4n) is 1.57. The molecule has 1 aromatic carbocycles. The van der Waals surface area contributed by atoms with E-state index in [0.29, 0.717) is 19.7 Å². The summed E-state index contributed by atoms with van der Waals surface area (Å²) in [5.41, 5.74) is 0.914. The van der Waals surface area contributed by atoms with Crippen LogP contribution in [0, 0.1) is 0 Å². The van der Waals surface area contributed by atoms with Crippen LogP contribution in [-0.2, 0) is 11.3 Å². The van der Waals surface area contributed by atoms with E-state index in [-0.39, 0.29) is 5.60 Å².